The molecule has 0 spiro atoms. The summed E-state index contributed by atoms with van der Waals surface area (Å²) in [4.78, 5) is 23.8. The van der Waals surface area contributed by atoms with Crippen molar-refractivity contribution in [1.82, 2.24) is 9.97 Å². The van der Waals surface area contributed by atoms with Gasteiger partial charge in [-0.3, -0.25) is 4.79 Å². The predicted molar refractivity (Wildman–Crippen MR) is 89.6 cm³/mol. The minimum absolute atomic E-state index is 0.289. The van der Waals surface area contributed by atoms with E-state index in [0.717, 1.165) is 18.0 Å². The second-order valence-electron chi connectivity index (χ2n) is 5.55. The summed E-state index contributed by atoms with van der Waals surface area (Å²) in [6.07, 6.45) is 3.42. The summed E-state index contributed by atoms with van der Waals surface area (Å²) >= 11 is 6.31. The molecule has 0 bridgehead atoms. The Bertz CT molecular complexity index is 677. The van der Waals surface area contributed by atoms with Crippen molar-refractivity contribution < 1.29 is 14.1 Å². The summed E-state index contributed by atoms with van der Waals surface area (Å²) in [6.45, 7) is 2.88. The molecule has 1 atom stereocenters. The topological polar surface area (TPSA) is 62.6 Å². The molecule has 24 heavy (non-hydrogen) atoms. The molecule has 0 saturated carbocycles. The van der Waals surface area contributed by atoms with Crippen LogP contribution in [0.5, 0.6) is 0 Å². The van der Waals surface area contributed by atoms with Gasteiger partial charge in [0.25, 0.3) is 5.91 Å². The summed E-state index contributed by atoms with van der Waals surface area (Å²) in [7, 11) is 0. The maximum atomic E-state index is 12.9. The maximum absolute atomic E-state index is 12.9. The number of hydrogen-bond acceptors (Lipinski definition) is 4. The fourth-order valence-corrected chi connectivity index (χ4v) is 2.90. The van der Waals surface area contributed by atoms with Gasteiger partial charge in [0, 0.05) is 18.1 Å². The average Bonchev–Trinajstić information content (AvgIpc) is 2.64. The van der Waals surface area contributed by atoms with E-state index in [4.69, 9.17) is 11.6 Å². The zero-order chi connectivity index (χ0) is 16.9. The number of rotatable bonds is 4. The fourth-order valence-electron chi connectivity index (χ4n) is 2.63. The molecule has 2 aromatic rings. The van der Waals surface area contributed by atoms with Crippen LogP contribution >= 0.6 is 11.6 Å². The molecular weight excluding hydrogens is 333 g/mol. The molecule has 0 unspecified atom stereocenters. The summed E-state index contributed by atoms with van der Waals surface area (Å²) in [5.41, 5.74) is -0.170. The Hall–Kier alpha value is -2.25. The third-order valence-corrected chi connectivity index (χ3v) is 4.45. The monoisotopic (exact) mass is 350 g/mol. The molecule has 1 aliphatic heterocycles. The number of carbonyl (C=O) groups is 1. The number of quaternary nitrogens is 1. The lowest BCUT2D eigenvalue weighted by Gasteiger charge is -2.33. The lowest BCUT2D eigenvalue weighted by Crippen LogP contribution is -3.18. The number of aromatic nitrogens is 2. The molecule has 0 aliphatic carbocycles. The van der Waals surface area contributed by atoms with Gasteiger partial charge in [-0.15, -0.1) is 0 Å². The van der Waals surface area contributed by atoms with Crippen molar-refractivity contribution in [3.63, 3.8) is 0 Å². The third-order valence-electron chi connectivity index (χ3n) is 3.94. The molecule has 6 nitrogen and oxygen atoms in total. The Balaban J connectivity index is 1.53. The van der Waals surface area contributed by atoms with E-state index in [1.54, 1.807) is 18.5 Å². The number of benzene rings is 1. The van der Waals surface area contributed by atoms with Gasteiger partial charge in [0.05, 0.1) is 26.2 Å². The average molecular weight is 351 g/mol. The van der Waals surface area contributed by atoms with Crippen LogP contribution in [-0.2, 0) is 4.79 Å². The van der Waals surface area contributed by atoms with Gasteiger partial charge in [-0.1, -0.05) is 0 Å². The molecule has 1 aliphatic rings. The summed E-state index contributed by atoms with van der Waals surface area (Å²) in [6, 6.07) is 7.39. The zero-order valence-corrected chi connectivity index (χ0v) is 13.7. The van der Waals surface area contributed by atoms with Gasteiger partial charge in [0.1, 0.15) is 5.82 Å². The van der Waals surface area contributed by atoms with Crippen molar-refractivity contribution in [2.24, 2.45) is 0 Å². The van der Waals surface area contributed by atoms with E-state index < -0.39 is 5.50 Å². The summed E-state index contributed by atoms with van der Waals surface area (Å²) in [5, 5.41) is 2.71. The van der Waals surface area contributed by atoms with Gasteiger partial charge in [-0.2, -0.15) is 0 Å². The first-order chi connectivity index (χ1) is 11.6. The molecule has 1 aromatic heterocycles. The first-order valence-corrected chi connectivity index (χ1v) is 8.14. The number of anilines is 2. The highest BCUT2D eigenvalue weighted by molar-refractivity contribution is 6.31. The Kier molecular flexibility index (Phi) is 5.22. The molecule has 0 radical (unpaired) electrons. The minimum atomic E-state index is -0.700. The highest BCUT2D eigenvalue weighted by atomic mass is 35.5. The molecule has 1 aromatic carbocycles. The van der Waals surface area contributed by atoms with Crippen molar-refractivity contribution in [2.45, 2.75) is 5.50 Å². The second-order valence-corrected chi connectivity index (χ2v) is 5.99. The Labute approximate surface area is 144 Å². The summed E-state index contributed by atoms with van der Waals surface area (Å²) in [5.74, 6) is 0.0569. The van der Waals surface area contributed by atoms with Gasteiger partial charge < -0.3 is 15.1 Å². The molecule has 1 amide bonds. The van der Waals surface area contributed by atoms with Crippen molar-refractivity contribution >= 4 is 29.1 Å². The normalized spacial score (nSPS) is 16.7. The highest BCUT2D eigenvalue weighted by Gasteiger charge is 2.31. The first kappa shape index (κ1) is 16.6. The van der Waals surface area contributed by atoms with Gasteiger partial charge in [0.2, 0.25) is 11.4 Å². The predicted octanol–water partition coefficient (Wildman–Crippen LogP) is 0.524. The molecule has 1 fully saturated rings. The Morgan fingerprint density at radius 3 is 2.46 bits per heavy atom. The maximum Gasteiger partial charge on any atom is 0.299 e. The van der Waals surface area contributed by atoms with E-state index in [-0.39, 0.29) is 11.7 Å². The van der Waals surface area contributed by atoms with Crippen LogP contribution in [0.3, 0.4) is 0 Å². The molecule has 2 heterocycles. The fraction of sp³-hybridized carbons (Fsp3) is 0.312. The zero-order valence-electron chi connectivity index (χ0n) is 13.0. The largest absolute Gasteiger partial charge is 0.330 e. The van der Waals surface area contributed by atoms with Crippen molar-refractivity contribution in [3.05, 3.63) is 48.5 Å². The van der Waals surface area contributed by atoms with Gasteiger partial charge in [-0.05, 0) is 41.9 Å². The number of halogens is 2. The molecule has 1 saturated heterocycles. The van der Waals surface area contributed by atoms with Gasteiger partial charge in [0.15, 0.2) is 0 Å². The van der Waals surface area contributed by atoms with E-state index in [0.29, 0.717) is 24.7 Å². The number of carbonyl (C=O) groups excluding carboxylic acids is 1. The van der Waals surface area contributed by atoms with E-state index >= 15 is 0 Å². The van der Waals surface area contributed by atoms with Crippen LogP contribution in [0.15, 0.2) is 42.7 Å². The van der Waals surface area contributed by atoms with Crippen molar-refractivity contribution in [2.75, 3.05) is 36.4 Å². The highest BCUT2D eigenvalue weighted by Crippen LogP contribution is 2.09. The van der Waals surface area contributed by atoms with Crippen LogP contribution in [0.4, 0.5) is 16.0 Å². The molecule has 3 rings (SSSR count). The van der Waals surface area contributed by atoms with Gasteiger partial charge >= 0.3 is 0 Å². The number of alkyl halides is 1. The van der Waals surface area contributed by atoms with Crippen LogP contribution < -0.4 is 15.1 Å². The van der Waals surface area contributed by atoms with E-state index in [1.165, 1.54) is 24.3 Å². The molecule has 2 N–H and O–H groups in total. The number of piperazine rings is 1. The molecule has 8 heteroatoms. The third kappa shape index (κ3) is 3.98. The number of nitrogens with zero attached hydrogens (tertiary/aromatic N) is 3. The SMILES string of the molecule is O=C(Nc1ccc(F)cc1)[C@@H](Cl)[NH+]1CCN(c2ncccn2)CC1. The standard InChI is InChI=1S/C16H17ClFN5O/c17-14(15(24)21-13-4-2-12(18)3-5-13)22-8-10-23(11-9-22)16-19-6-1-7-20-16/h1-7,14H,8-11H2,(H,21,24)/p+1/t14-/m0/s1. The van der Waals surface area contributed by atoms with Crippen LogP contribution in [-0.4, -0.2) is 47.6 Å². The summed E-state index contributed by atoms with van der Waals surface area (Å²) < 4.78 is 12.9. The van der Waals surface area contributed by atoms with Crippen LogP contribution in [0.1, 0.15) is 0 Å². The molecular formula is C16H18ClFN5O+. The quantitative estimate of drug-likeness (QED) is 0.623. The number of amides is 1. The first-order valence-electron chi connectivity index (χ1n) is 7.70. The van der Waals surface area contributed by atoms with Crippen molar-refractivity contribution in [3.8, 4) is 0 Å². The minimum Gasteiger partial charge on any atom is -0.330 e. The lowest BCUT2D eigenvalue weighted by molar-refractivity contribution is -0.903. The number of hydrogen-bond donors (Lipinski definition) is 2. The van der Waals surface area contributed by atoms with Crippen LogP contribution in [0.25, 0.3) is 0 Å². The smallest absolute Gasteiger partial charge is 0.299 e. The number of nitrogens with one attached hydrogen (secondary N) is 2. The van der Waals surface area contributed by atoms with Crippen LogP contribution in [0.2, 0.25) is 0 Å². The Morgan fingerprint density at radius 1 is 1.21 bits per heavy atom. The van der Waals surface area contributed by atoms with Crippen LogP contribution in [0, 0.1) is 5.82 Å². The van der Waals surface area contributed by atoms with Crippen molar-refractivity contribution in [1.29, 1.82) is 0 Å². The van der Waals surface area contributed by atoms with E-state index in [1.807, 2.05) is 0 Å². The van der Waals surface area contributed by atoms with E-state index in [9.17, 15) is 9.18 Å². The van der Waals surface area contributed by atoms with Gasteiger partial charge in [-0.25, -0.2) is 14.4 Å². The van der Waals surface area contributed by atoms with E-state index in [2.05, 4.69) is 20.2 Å². The Morgan fingerprint density at radius 2 is 1.83 bits per heavy atom. The lowest BCUT2D eigenvalue weighted by atomic mass is 10.3. The molecule has 126 valence electrons. The second kappa shape index (κ2) is 7.55.